The minimum atomic E-state index is -1.17. The summed E-state index contributed by atoms with van der Waals surface area (Å²) in [7, 11) is 1.17. The van der Waals surface area contributed by atoms with Crippen LogP contribution in [0, 0.1) is 5.41 Å². The van der Waals surface area contributed by atoms with Gasteiger partial charge in [0.05, 0.1) is 186 Å². The highest BCUT2D eigenvalue weighted by molar-refractivity contribution is 5.92. The van der Waals surface area contributed by atoms with Crippen LogP contribution in [-0.4, -0.2) is 259 Å². The van der Waals surface area contributed by atoms with Gasteiger partial charge in [-0.25, -0.2) is 0 Å². The minimum Gasteiger partial charge on any atom is -0.382 e. The van der Waals surface area contributed by atoms with E-state index in [0.29, 0.717) is 145 Å². The van der Waals surface area contributed by atoms with Crippen LogP contribution in [0.3, 0.4) is 0 Å². The van der Waals surface area contributed by atoms with Crippen molar-refractivity contribution in [2.24, 2.45) is 5.41 Å². The number of nitrogens with one attached hydrogen (secondary N) is 7. The first-order valence-electron chi connectivity index (χ1n) is 25.1. The van der Waals surface area contributed by atoms with E-state index in [0.717, 1.165) is 0 Å². The molecular weight excluding hydrogens is 971 g/mol. The summed E-state index contributed by atoms with van der Waals surface area (Å²) in [6.07, 6.45) is 0.270. The van der Waals surface area contributed by atoms with Crippen molar-refractivity contribution < 1.29 is 96.5 Å². The number of carbonyl (C=O) groups is 7. The maximum Gasteiger partial charge on any atom is 0.245 e. The fourth-order valence-electron chi connectivity index (χ4n) is 5.21. The van der Waals surface area contributed by atoms with Crippen LogP contribution < -0.4 is 37.2 Å². The molecule has 27 nitrogen and oxygen atoms in total. The van der Waals surface area contributed by atoms with Crippen LogP contribution in [0.15, 0.2) is 0 Å². The molecule has 426 valence electrons. The van der Waals surface area contributed by atoms with Crippen molar-refractivity contribution in [2.45, 2.75) is 39.7 Å². The van der Waals surface area contributed by atoms with E-state index in [-0.39, 0.29) is 50.7 Å². The Morgan fingerprint density at radius 1 is 0.384 bits per heavy atom. The molecule has 0 saturated heterocycles. The van der Waals surface area contributed by atoms with Gasteiger partial charge in [-0.3, -0.25) is 33.6 Å². The average molecular weight is 1060 g/mol. The van der Waals surface area contributed by atoms with Crippen molar-refractivity contribution in [3.63, 3.8) is 0 Å². The van der Waals surface area contributed by atoms with Crippen LogP contribution in [-0.2, 0) is 95.1 Å². The van der Waals surface area contributed by atoms with Gasteiger partial charge in [0, 0.05) is 40.1 Å². The lowest BCUT2D eigenvalue weighted by molar-refractivity contribution is -0.131. The summed E-state index contributed by atoms with van der Waals surface area (Å²) < 4.78 is 77.0. The largest absolute Gasteiger partial charge is 0.382 e. The van der Waals surface area contributed by atoms with E-state index in [4.69, 9.17) is 62.9 Å². The fraction of sp³-hybridized carbons (Fsp3) is 0.848. The number of carbonyl (C=O) groups excluding carboxylic acids is 7. The maximum absolute atomic E-state index is 12.7. The van der Waals surface area contributed by atoms with E-state index < -0.39 is 74.7 Å². The molecule has 0 fully saturated rings. The third-order valence-corrected chi connectivity index (χ3v) is 8.78. The zero-order valence-electron chi connectivity index (χ0n) is 44.6. The number of rotatable bonds is 52. The smallest absolute Gasteiger partial charge is 0.245 e. The average Bonchev–Trinajstić information content (AvgIpc) is 3.36. The first kappa shape index (κ1) is 66.8. The molecule has 0 aliphatic carbocycles. The second-order valence-electron chi connectivity index (χ2n) is 16.5. The SMILES string of the molecule is [2H]COCC(NC(=O)CNC(=O)CNC(=O)CNC(=O)CNC(=O)CCNC(=O)CC(C)(C)C)C(=O)NCCOCCOCCOCCOCCOCCOCCOCCOCCOCCOCCOCCOC. The Labute approximate surface area is 431 Å². The zero-order chi connectivity index (χ0) is 54.6. The highest BCUT2D eigenvalue weighted by atomic mass is 16.6. The van der Waals surface area contributed by atoms with Gasteiger partial charge in [0.15, 0.2) is 0 Å². The Morgan fingerprint density at radius 3 is 1.05 bits per heavy atom. The van der Waals surface area contributed by atoms with Crippen LogP contribution in [0.4, 0.5) is 0 Å². The predicted molar refractivity (Wildman–Crippen MR) is 261 cm³/mol. The molecule has 0 radical (unpaired) electrons. The third kappa shape index (κ3) is 51.1. The van der Waals surface area contributed by atoms with Gasteiger partial charge >= 0.3 is 0 Å². The predicted octanol–water partition coefficient (Wildman–Crippen LogP) is -3.53. The van der Waals surface area contributed by atoms with Crippen LogP contribution in [0.5, 0.6) is 0 Å². The summed E-state index contributed by atoms with van der Waals surface area (Å²) >= 11 is 0. The second-order valence-corrected chi connectivity index (χ2v) is 16.5. The van der Waals surface area contributed by atoms with Crippen molar-refractivity contribution in [2.75, 3.05) is 212 Å². The van der Waals surface area contributed by atoms with E-state index in [9.17, 15) is 33.6 Å². The molecule has 7 N–H and O–H groups in total. The normalized spacial score (nSPS) is 11.9. The molecule has 7 amide bonds. The molecule has 1 unspecified atom stereocenters. The molecule has 73 heavy (non-hydrogen) atoms. The lowest BCUT2D eigenvalue weighted by atomic mass is 9.92. The van der Waals surface area contributed by atoms with Crippen LogP contribution in [0.1, 0.15) is 35.0 Å². The van der Waals surface area contributed by atoms with E-state index in [1.165, 1.54) is 0 Å². The lowest BCUT2D eigenvalue weighted by Gasteiger charge is -2.18. The van der Waals surface area contributed by atoms with Crippen molar-refractivity contribution >= 4 is 41.4 Å². The van der Waals surface area contributed by atoms with E-state index in [1.807, 2.05) is 20.8 Å². The van der Waals surface area contributed by atoms with Gasteiger partial charge in [0.1, 0.15) is 6.04 Å². The highest BCUT2D eigenvalue weighted by Gasteiger charge is 2.21. The molecule has 0 aliphatic rings. The summed E-state index contributed by atoms with van der Waals surface area (Å²) in [4.78, 5) is 85.1. The fourth-order valence-corrected chi connectivity index (χ4v) is 5.21. The molecule has 0 aliphatic heterocycles. The summed E-state index contributed by atoms with van der Waals surface area (Å²) in [5.41, 5.74) is -0.193. The Balaban J connectivity index is 3.73. The monoisotopic (exact) mass is 1060 g/mol. The van der Waals surface area contributed by atoms with Crippen molar-refractivity contribution in [1.82, 2.24) is 37.2 Å². The van der Waals surface area contributed by atoms with E-state index in [1.54, 1.807) is 7.11 Å². The van der Waals surface area contributed by atoms with Gasteiger partial charge in [-0.2, -0.15) is 0 Å². The lowest BCUT2D eigenvalue weighted by Crippen LogP contribution is -2.52. The molecule has 1 atom stereocenters. The van der Waals surface area contributed by atoms with E-state index >= 15 is 0 Å². The van der Waals surface area contributed by atoms with Crippen molar-refractivity contribution in [1.29, 1.82) is 0 Å². The second kappa shape index (κ2) is 50.0. The van der Waals surface area contributed by atoms with Crippen molar-refractivity contribution in [3.8, 4) is 0 Å². The summed E-state index contributed by atoms with van der Waals surface area (Å²) in [6, 6.07) is -1.17. The van der Waals surface area contributed by atoms with Gasteiger partial charge < -0.3 is 98.8 Å². The molecule has 0 spiro atoms. The third-order valence-electron chi connectivity index (χ3n) is 8.78. The molecule has 0 bridgehead atoms. The van der Waals surface area contributed by atoms with Gasteiger partial charge in [0.25, 0.3) is 0 Å². The number of hydrogen-bond acceptors (Lipinski definition) is 20. The molecule has 0 rings (SSSR count). The number of methoxy groups -OCH3 is 2. The van der Waals surface area contributed by atoms with Gasteiger partial charge in [-0.1, -0.05) is 20.8 Å². The number of ether oxygens (including phenoxy) is 13. The van der Waals surface area contributed by atoms with Crippen LogP contribution in [0.25, 0.3) is 0 Å². The molecule has 0 aromatic rings. The highest BCUT2D eigenvalue weighted by Crippen LogP contribution is 2.17. The van der Waals surface area contributed by atoms with Gasteiger partial charge in [-0.15, -0.1) is 0 Å². The number of amides is 7. The van der Waals surface area contributed by atoms with E-state index in [2.05, 4.69) is 37.2 Å². The molecule has 27 heteroatoms. The summed E-state index contributed by atoms with van der Waals surface area (Å²) in [6.45, 7) is 13.7. The Kier molecular flexibility index (Phi) is 45.7. The maximum atomic E-state index is 12.7. The molecule has 0 aromatic carbocycles. The summed E-state index contributed by atoms with van der Waals surface area (Å²) in [5, 5.41) is 16.9. The Morgan fingerprint density at radius 2 is 0.712 bits per heavy atom. The summed E-state index contributed by atoms with van der Waals surface area (Å²) in [5.74, 6) is -4.08. The van der Waals surface area contributed by atoms with Crippen molar-refractivity contribution in [3.05, 3.63) is 0 Å². The standard InChI is InChI=1S/C46H87N7O20/c1-46(2,3)32-40(55)47-7-6-39(54)49-33-41(56)50-34-42(57)51-35-43(58)52-36-44(59)53-38(37-62-5)45(60)48-8-9-63-12-13-65-16-17-67-20-21-69-24-25-71-28-29-73-31-30-72-27-26-70-23-22-68-19-18-66-15-14-64-11-10-61-4/h38H,6-37H2,1-5H3,(H,47,55)(H,48,60)(H,49,54)(H,50,56)(H,51,57)(H,52,58)(H,53,59)/i5D. The molecule has 0 heterocycles. The van der Waals surface area contributed by atoms with Gasteiger partial charge in [-0.05, 0) is 5.41 Å². The molecule has 0 aromatic heterocycles. The first-order valence-corrected chi connectivity index (χ1v) is 24.4. The quantitative estimate of drug-likeness (QED) is 0.0290. The number of hydrogen-bond donors (Lipinski definition) is 7. The Bertz CT molecular complexity index is 1460. The zero-order valence-corrected chi connectivity index (χ0v) is 43.6. The first-order chi connectivity index (χ1) is 35.8. The molecular formula is C46H87N7O20. The van der Waals surface area contributed by atoms with Gasteiger partial charge in [0.2, 0.25) is 41.4 Å². The van der Waals surface area contributed by atoms with Crippen LogP contribution in [0.2, 0.25) is 0 Å². The topological polar surface area (TPSA) is 324 Å². The van der Waals surface area contributed by atoms with Crippen LogP contribution >= 0.6 is 0 Å². The Hall–Kier alpha value is -4.23. The molecule has 0 saturated carbocycles. The minimum absolute atomic E-state index is 0.0326.